The highest BCUT2D eigenvalue weighted by Gasteiger charge is 2.27. The van der Waals surface area contributed by atoms with Gasteiger partial charge in [0.15, 0.2) is 5.65 Å². The van der Waals surface area contributed by atoms with E-state index in [0.29, 0.717) is 24.6 Å². The zero-order valence-electron chi connectivity index (χ0n) is 15.1. The van der Waals surface area contributed by atoms with Crippen LogP contribution in [0, 0.1) is 17.4 Å². The standard InChI is InChI=1S/C19H20IN3O3S/c1-13-3-5-15(6-4-13)27(24,25)23-14(2)18(20)17-16(7-8-21-19(17)23)22-9-11-26-12-10-22/h3-8H,9-12H2,1-2H3. The molecule has 0 aliphatic carbocycles. The van der Waals surface area contributed by atoms with Crippen molar-refractivity contribution in [3.63, 3.8) is 0 Å². The van der Waals surface area contributed by atoms with Gasteiger partial charge in [0.05, 0.1) is 29.2 Å². The smallest absolute Gasteiger partial charge is 0.269 e. The van der Waals surface area contributed by atoms with Gasteiger partial charge in [0, 0.05) is 28.6 Å². The van der Waals surface area contributed by atoms with Gasteiger partial charge in [0.25, 0.3) is 10.0 Å². The van der Waals surface area contributed by atoms with Crippen molar-refractivity contribution in [1.82, 2.24) is 8.96 Å². The Balaban J connectivity index is 1.94. The van der Waals surface area contributed by atoms with Crippen LogP contribution in [-0.2, 0) is 14.8 Å². The van der Waals surface area contributed by atoms with Gasteiger partial charge >= 0.3 is 0 Å². The molecule has 0 atom stereocenters. The lowest BCUT2D eigenvalue weighted by molar-refractivity contribution is 0.123. The predicted molar refractivity (Wildman–Crippen MR) is 114 cm³/mol. The first-order valence-corrected chi connectivity index (χ1v) is 11.2. The fraction of sp³-hybridized carbons (Fsp3) is 0.316. The topological polar surface area (TPSA) is 64.4 Å². The number of fused-ring (bicyclic) bond motifs is 1. The highest BCUT2D eigenvalue weighted by Crippen LogP contribution is 2.36. The van der Waals surface area contributed by atoms with E-state index in [2.05, 4.69) is 32.5 Å². The van der Waals surface area contributed by atoms with E-state index in [9.17, 15) is 8.42 Å². The molecule has 1 fully saturated rings. The lowest BCUT2D eigenvalue weighted by atomic mass is 10.2. The maximum absolute atomic E-state index is 13.4. The molecule has 3 heterocycles. The zero-order chi connectivity index (χ0) is 19.2. The van der Waals surface area contributed by atoms with Crippen LogP contribution in [0.5, 0.6) is 0 Å². The summed E-state index contributed by atoms with van der Waals surface area (Å²) in [6, 6.07) is 8.87. The van der Waals surface area contributed by atoms with Crippen molar-refractivity contribution in [2.24, 2.45) is 0 Å². The van der Waals surface area contributed by atoms with Gasteiger partial charge in [-0.1, -0.05) is 17.7 Å². The van der Waals surface area contributed by atoms with E-state index >= 15 is 0 Å². The number of benzene rings is 1. The van der Waals surface area contributed by atoms with Crippen molar-refractivity contribution < 1.29 is 13.2 Å². The lowest BCUT2D eigenvalue weighted by Crippen LogP contribution is -2.36. The molecule has 1 aliphatic heterocycles. The number of nitrogens with zero attached hydrogens (tertiary/aromatic N) is 3. The number of hydrogen-bond acceptors (Lipinski definition) is 5. The van der Waals surface area contributed by atoms with Crippen LogP contribution in [0.25, 0.3) is 11.0 Å². The number of aromatic nitrogens is 2. The summed E-state index contributed by atoms with van der Waals surface area (Å²) in [6.45, 7) is 6.67. The van der Waals surface area contributed by atoms with Crippen molar-refractivity contribution in [2.45, 2.75) is 18.7 Å². The van der Waals surface area contributed by atoms with E-state index in [0.717, 1.165) is 33.3 Å². The molecule has 2 aromatic heterocycles. The van der Waals surface area contributed by atoms with Crippen LogP contribution in [0.15, 0.2) is 41.4 Å². The van der Waals surface area contributed by atoms with Gasteiger partial charge in [0.2, 0.25) is 0 Å². The average Bonchev–Trinajstić information content (AvgIpc) is 2.94. The molecule has 0 spiro atoms. The lowest BCUT2D eigenvalue weighted by Gasteiger charge is -2.29. The fourth-order valence-electron chi connectivity index (χ4n) is 3.41. The second-order valence-electron chi connectivity index (χ2n) is 6.61. The molecular formula is C19H20IN3O3S. The third kappa shape index (κ3) is 3.13. The Labute approximate surface area is 172 Å². The van der Waals surface area contributed by atoms with Gasteiger partial charge in [-0.3, -0.25) is 0 Å². The Kier molecular flexibility index (Phi) is 4.89. The number of halogens is 1. The summed E-state index contributed by atoms with van der Waals surface area (Å²) in [5.41, 5.74) is 3.18. The fourth-order valence-corrected chi connectivity index (χ4v) is 5.84. The molecule has 3 aromatic rings. The minimum atomic E-state index is -3.73. The Morgan fingerprint density at radius 1 is 1.07 bits per heavy atom. The van der Waals surface area contributed by atoms with E-state index in [-0.39, 0.29) is 4.90 Å². The molecule has 1 aromatic carbocycles. The number of aryl methyl sites for hydroxylation is 1. The summed E-state index contributed by atoms with van der Waals surface area (Å²) in [5.74, 6) is 0. The Morgan fingerprint density at radius 3 is 2.41 bits per heavy atom. The summed E-state index contributed by atoms with van der Waals surface area (Å²) in [6.07, 6.45) is 1.68. The van der Waals surface area contributed by atoms with Gasteiger partial charge in [-0.05, 0) is 54.6 Å². The van der Waals surface area contributed by atoms with E-state index in [1.807, 2.05) is 32.0 Å². The monoisotopic (exact) mass is 497 g/mol. The van der Waals surface area contributed by atoms with Crippen molar-refractivity contribution in [3.8, 4) is 0 Å². The average molecular weight is 497 g/mol. The van der Waals surface area contributed by atoms with Gasteiger partial charge in [-0.15, -0.1) is 0 Å². The minimum absolute atomic E-state index is 0.267. The Hall–Kier alpha value is -1.65. The molecule has 0 unspecified atom stereocenters. The molecule has 0 bridgehead atoms. The van der Waals surface area contributed by atoms with E-state index < -0.39 is 10.0 Å². The van der Waals surface area contributed by atoms with Crippen molar-refractivity contribution in [1.29, 1.82) is 0 Å². The summed E-state index contributed by atoms with van der Waals surface area (Å²) >= 11 is 2.23. The predicted octanol–water partition coefficient (Wildman–Crippen LogP) is 3.33. The van der Waals surface area contributed by atoms with Crippen LogP contribution >= 0.6 is 22.6 Å². The van der Waals surface area contributed by atoms with Crippen molar-refractivity contribution in [2.75, 3.05) is 31.2 Å². The van der Waals surface area contributed by atoms with Gasteiger partial charge in [-0.25, -0.2) is 17.4 Å². The Bertz CT molecular complexity index is 1100. The zero-order valence-corrected chi connectivity index (χ0v) is 18.1. The second kappa shape index (κ2) is 7.06. The number of morpholine rings is 1. The SMILES string of the molecule is Cc1ccc(S(=O)(=O)n2c(C)c(I)c3c(N4CCOCC4)ccnc32)cc1. The third-order valence-corrected chi connectivity index (χ3v) is 7.97. The van der Waals surface area contributed by atoms with Crippen LogP contribution in [-0.4, -0.2) is 43.7 Å². The van der Waals surface area contributed by atoms with Gasteiger partial charge < -0.3 is 9.64 Å². The third-order valence-electron chi connectivity index (χ3n) is 4.85. The summed E-state index contributed by atoms with van der Waals surface area (Å²) in [4.78, 5) is 6.95. The first-order valence-electron chi connectivity index (χ1n) is 8.71. The minimum Gasteiger partial charge on any atom is -0.378 e. The molecular weight excluding hydrogens is 477 g/mol. The first kappa shape index (κ1) is 18.7. The molecule has 0 radical (unpaired) electrons. The molecule has 4 rings (SSSR count). The number of anilines is 1. The van der Waals surface area contributed by atoms with E-state index in [1.165, 1.54) is 3.97 Å². The number of rotatable bonds is 3. The maximum Gasteiger partial charge on any atom is 0.269 e. The van der Waals surface area contributed by atoms with Crippen LogP contribution in [0.2, 0.25) is 0 Å². The molecule has 8 heteroatoms. The molecule has 1 aliphatic rings. The molecule has 142 valence electrons. The highest BCUT2D eigenvalue weighted by molar-refractivity contribution is 14.1. The van der Waals surface area contributed by atoms with Crippen LogP contribution in [0.3, 0.4) is 0 Å². The molecule has 0 amide bonds. The van der Waals surface area contributed by atoms with Crippen LogP contribution < -0.4 is 4.90 Å². The quantitative estimate of drug-likeness (QED) is 0.520. The first-order chi connectivity index (χ1) is 12.9. The van der Waals surface area contributed by atoms with E-state index in [4.69, 9.17) is 4.74 Å². The molecule has 1 saturated heterocycles. The van der Waals surface area contributed by atoms with Crippen molar-refractivity contribution >= 4 is 49.3 Å². The second-order valence-corrected chi connectivity index (χ2v) is 9.48. The highest BCUT2D eigenvalue weighted by atomic mass is 127. The molecule has 6 nitrogen and oxygen atoms in total. The van der Waals surface area contributed by atoms with Crippen LogP contribution in [0.1, 0.15) is 11.3 Å². The largest absolute Gasteiger partial charge is 0.378 e. The molecule has 0 N–H and O–H groups in total. The summed E-state index contributed by atoms with van der Waals surface area (Å²) in [5, 5.41) is 0.883. The van der Waals surface area contributed by atoms with Crippen LogP contribution in [0.4, 0.5) is 5.69 Å². The molecule has 27 heavy (non-hydrogen) atoms. The summed E-state index contributed by atoms with van der Waals surface area (Å²) < 4.78 is 34.5. The van der Waals surface area contributed by atoms with Gasteiger partial charge in [-0.2, -0.15) is 0 Å². The number of hydrogen-bond donors (Lipinski definition) is 0. The van der Waals surface area contributed by atoms with Gasteiger partial charge in [0.1, 0.15) is 0 Å². The number of ether oxygens (including phenoxy) is 1. The van der Waals surface area contributed by atoms with E-state index in [1.54, 1.807) is 18.3 Å². The molecule has 0 saturated carbocycles. The van der Waals surface area contributed by atoms with Crippen molar-refractivity contribution in [3.05, 3.63) is 51.4 Å². The maximum atomic E-state index is 13.4. The summed E-state index contributed by atoms with van der Waals surface area (Å²) in [7, 11) is -3.73. The number of pyridine rings is 1. The Morgan fingerprint density at radius 2 is 1.74 bits per heavy atom. The normalized spacial score (nSPS) is 15.4.